The van der Waals surface area contributed by atoms with Crippen molar-refractivity contribution >= 4 is 35.0 Å². The van der Waals surface area contributed by atoms with Gasteiger partial charge in [-0.05, 0) is 43.7 Å². The van der Waals surface area contributed by atoms with E-state index in [9.17, 15) is 4.79 Å². The molecule has 1 aromatic heterocycles. The Labute approximate surface area is 177 Å². The molecular weight excluding hydrogens is 410 g/mol. The van der Waals surface area contributed by atoms with Crippen LogP contribution < -0.4 is 15.5 Å². The third kappa shape index (κ3) is 3.90. The van der Waals surface area contributed by atoms with Crippen LogP contribution in [0.1, 0.15) is 23.0 Å². The van der Waals surface area contributed by atoms with E-state index in [0.29, 0.717) is 15.9 Å². The molecule has 150 valence electrons. The number of rotatable bonds is 4. The van der Waals surface area contributed by atoms with Gasteiger partial charge in [-0.15, -0.1) is 10.2 Å². The summed E-state index contributed by atoms with van der Waals surface area (Å²) in [6.07, 6.45) is 0. The van der Waals surface area contributed by atoms with Crippen LogP contribution >= 0.6 is 23.4 Å². The minimum absolute atomic E-state index is 0.129. The first-order valence-electron chi connectivity index (χ1n) is 9.02. The number of aromatic nitrogens is 3. The quantitative estimate of drug-likeness (QED) is 0.653. The Morgan fingerprint density at radius 3 is 2.66 bits per heavy atom. The van der Waals surface area contributed by atoms with Crippen LogP contribution in [0.25, 0.3) is 0 Å². The maximum Gasteiger partial charge on any atom is 0.240 e. The first-order valence-corrected chi connectivity index (χ1v) is 10.3. The number of anilines is 1. The van der Waals surface area contributed by atoms with Gasteiger partial charge in [0, 0.05) is 5.69 Å². The SMILES string of the molecule is COc1ccc([C@@H]2Nn3c(C)nnc3S[C@@H]2C(=O)Nc2ccc(C)cc2)cc1Cl. The molecule has 0 spiro atoms. The maximum absolute atomic E-state index is 13.2. The van der Waals surface area contributed by atoms with Gasteiger partial charge in [0.15, 0.2) is 0 Å². The van der Waals surface area contributed by atoms with Gasteiger partial charge in [-0.3, -0.25) is 4.79 Å². The molecule has 1 aliphatic heterocycles. The van der Waals surface area contributed by atoms with Gasteiger partial charge < -0.3 is 15.5 Å². The molecule has 0 unspecified atom stereocenters. The zero-order valence-electron chi connectivity index (χ0n) is 16.1. The van der Waals surface area contributed by atoms with Gasteiger partial charge in [-0.1, -0.05) is 47.1 Å². The molecule has 0 saturated carbocycles. The lowest BCUT2D eigenvalue weighted by molar-refractivity contribution is -0.116. The number of halogens is 1. The second-order valence-corrected chi connectivity index (χ2v) is 8.28. The van der Waals surface area contributed by atoms with Gasteiger partial charge >= 0.3 is 0 Å². The van der Waals surface area contributed by atoms with Crippen LogP contribution in [0.15, 0.2) is 47.6 Å². The maximum atomic E-state index is 13.2. The van der Waals surface area contributed by atoms with Gasteiger partial charge in [0.05, 0.1) is 18.2 Å². The molecule has 1 amide bonds. The highest BCUT2D eigenvalue weighted by Crippen LogP contribution is 2.39. The molecule has 0 saturated heterocycles. The number of hydrogen-bond donors (Lipinski definition) is 2. The zero-order chi connectivity index (χ0) is 20.5. The Morgan fingerprint density at radius 1 is 1.21 bits per heavy atom. The lowest BCUT2D eigenvalue weighted by atomic mass is 10.0. The van der Waals surface area contributed by atoms with E-state index in [4.69, 9.17) is 16.3 Å². The van der Waals surface area contributed by atoms with E-state index in [1.54, 1.807) is 17.9 Å². The van der Waals surface area contributed by atoms with Crippen molar-refractivity contribution in [2.75, 3.05) is 17.9 Å². The van der Waals surface area contributed by atoms with Crippen molar-refractivity contribution in [1.29, 1.82) is 0 Å². The normalized spacial score (nSPS) is 17.9. The highest BCUT2D eigenvalue weighted by atomic mass is 35.5. The van der Waals surface area contributed by atoms with Crippen molar-refractivity contribution in [2.24, 2.45) is 0 Å². The molecule has 3 aromatic rings. The predicted molar refractivity (Wildman–Crippen MR) is 114 cm³/mol. The largest absolute Gasteiger partial charge is 0.495 e. The van der Waals surface area contributed by atoms with Crippen LogP contribution in [0.4, 0.5) is 5.69 Å². The number of nitrogens with one attached hydrogen (secondary N) is 2. The number of methoxy groups -OCH3 is 1. The Morgan fingerprint density at radius 2 is 1.97 bits per heavy atom. The Kier molecular flexibility index (Phi) is 5.38. The van der Waals surface area contributed by atoms with Crippen molar-refractivity contribution < 1.29 is 9.53 Å². The van der Waals surface area contributed by atoms with Crippen molar-refractivity contribution in [3.63, 3.8) is 0 Å². The molecule has 1 aliphatic rings. The first kappa shape index (κ1) is 19.6. The fourth-order valence-corrected chi connectivity index (χ4v) is 4.53. The second-order valence-electron chi connectivity index (χ2n) is 6.76. The van der Waals surface area contributed by atoms with Crippen LogP contribution in [0.3, 0.4) is 0 Å². The van der Waals surface area contributed by atoms with Gasteiger partial charge in [0.2, 0.25) is 11.1 Å². The summed E-state index contributed by atoms with van der Waals surface area (Å²) in [4.78, 5) is 13.2. The number of benzene rings is 2. The molecule has 0 radical (unpaired) electrons. The number of hydrogen-bond acceptors (Lipinski definition) is 6. The number of ether oxygens (including phenoxy) is 1. The standard InChI is InChI=1S/C20H20ClN5O2S/c1-11-4-7-14(8-5-11)22-19(27)18-17(13-6-9-16(28-3)15(21)10-13)25-26-12(2)23-24-20(26)29-18/h4-10,17-18,25H,1-3H3,(H,22,27)/t17-,18-/m0/s1. The molecule has 29 heavy (non-hydrogen) atoms. The number of amides is 1. The molecule has 0 bridgehead atoms. The lowest BCUT2D eigenvalue weighted by Gasteiger charge is -2.33. The smallest absolute Gasteiger partial charge is 0.240 e. The molecule has 2 aromatic carbocycles. The molecule has 4 rings (SSSR count). The van der Waals surface area contributed by atoms with E-state index >= 15 is 0 Å². The molecule has 2 atom stereocenters. The molecule has 9 heteroatoms. The summed E-state index contributed by atoms with van der Waals surface area (Å²) in [5.74, 6) is 1.17. The van der Waals surface area contributed by atoms with Crippen molar-refractivity contribution in [3.05, 3.63) is 64.4 Å². The Bertz CT molecular complexity index is 1050. The zero-order valence-corrected chi connectivity index (χ0v) is 17.7. The average Bonchev–Trinajstić information content (AvgIpc) is 3.08. The first-order chi connectivity index (χ1) is 14.0. The van der Waals surface area contributed by atoms with E-state index < -0.39 is 5.25 Å². The topological polar surface area (TPSA) is 81.1 Å². The third-order valence-corrected chi connectivity index (χ3v) is 6.22. The summed E-state index contributed by atoms with van der Waals surface area (Å²) in [6, 6.07) is 12.9. The lowest BCUT2D eigenvalue weighted by Crippen LogP contribution is -2.41. The molecule has 2 heterocycles. The van der Waals surface area contributed by atoms with E-state index in [2.05, 4.69) is 20.9 Å². The van der Waals surface area contributed by atoms with Gasteiger partial charge in [0.25, 0.3) is 0 Å². The number of nitrogens with zero attached hydrogens (tertiary/aromatic N) is 3. The average molecular weight is 430 g/mol. The fourth-order valence-electron chi connectivity index (χ4n) is 3.14. The number of carbonyl (C=O) groups excluding carboxylic acids is 1. The van der Waals surface area contributed by atoms with Crippen LogP contribution in [-0.2, 0) is 4.79 Å². The minimum atomic E-state index is -0.475. The monoisotopic (exact) mass is 429 g/mol. The highest BCUT2D eigenvalue weighted by molar-refractivity contribution is 8.00. The summed E-state index contributed by atoms with van der Waals surface area (Å²) in [5.41, 5.74) is 6.11. The highest BCUT2D eigenvalue weighted by Gasteiger charge is 2.37. The fraction of sp³-hybridized carbons (Fsp3) is 0.250. The van der Waals surface area contributed by atoms with Gasteiger partial charge in [-0.25, -0.2) is 4.68 Å². The number of carbonyl (C=O) groups is 1. The number of thioether (sulfide) groups is 1. The van der Waals surface area contributed by atoms with E-state index in [1.165, 1.54) is 11.8 Å². The predicted octanol–water partition coefficient (Wildman–Crippen LogP) is 3.95. The van der Waals surface area contributed by atoms with Crippen LogP contribution in [0, 0.1) is 13.8 Å². The summed E-state index contributed by atoms with van der Waals surface area (Å²) >= 11 is 7.71. The molecule has 0 fully saturated rings. The van der Waals surface area contributed by atoms with E-state index in [0.717, 1.165) is 22.6 Å². The van der Waals surface area contributed by atoms with Crippen LogP contribution in [0.2, 0.25) is 5.02 Å². The van der Waals surface area contributed by atoms with Crippen molar-refractivity contribution in [2.45, 2.75) is 30.3 Å². The second kappa shape index (κ2) is 7.96. The molecule has 0 aliphatic carbocycles. The van der Waals surface area contributed by atoms with Crippen molar-refractivity contribution in [1.82, 2.24) is 14.9 Å². The minimum Gasteiger partial charge on any atom is -0.495 e. The summed E-state index contributed by atoms with van der Waals surface area (Å²) in [7, 11) is 1.57. The van der Waals surface area contributed by atoms with Gasteiger partial charge in [-0.2, -0.15) is 0 Å². The number of fused-ring (bicyclic) bond motifs is 1. The summed E-state index contributed by atoms with van der Waals surface area (Å²) in [6.45, 7) is 3.86. The van der Waals surface area contributed by atoms with Gasteiger partial charge in [0.1, 0.15) is 16.8 Å². The summed E-state index contributed by atoms with van der Waals surface area (Å²) < 4.78 is 7.05. The molecule has 2 N–H and O–H groups in total. The third-order valence-electron chi connectivity index (χ3n) is 4.71. The molecular formula is C20H20ClN5O2S. The van der Waals surface area contributed by atoms with Crippen LogP contribution in [-0.4, -0.2) is 33.1 Å². The number of aryl methyl sites for hydroxylation is 2. The van der Waals surface area contributed by atoms with Crippen molar-refractivity contribution in [3.8, 4) is 5.75 Å². The molecule has 7 nitrogen and oxygen atoms in total. The Balaban J connectivity index is 1.67. The summed E-state index contributed by atoms with van der Waals surface area (Å²) in [5, 5.41) is 11.9. The van der Waals surface area contributed by atoms with E-state index in [1.807, 2.05) is 50.2 Å². The van der Waals surface area contributed by atoms with E-state index in [-0.39, 0.29) is 11.9 Å². The Hall–Kier alpha value is -2.71. The van der Waals surface area contributed by atoms with Crippen LogP contribution in [0.5, 0.6) is 5.75 Å².